The Bertz CT molecular complexity index is 815. The van der Waals surface area contributed by atoms with Crippen LogP contribution in [-0.4, -0.2) is 44.1 Å². The quantitative estimate of drug-likeness (QED) is 0.783. The molecule has 0 saturated carbocycles. The predicted molar refractivity (Wildman–Crippen MR) is 109 cm³/mol. The van der Waals surface area contributed by atoms with Crippen LogP contribution in [0.3, 0.4) is 0 Å². The zero-order valence-corrected chi connectivity index (χ0v) is 16.5. The van der Waals surface area contributed by atoms with Crippen LogP contribution < -0.4 is 0 Å². The van der Waals surface area contributed by atoms with Gasteiger partial charge in [-0.3, -0.25) is 9.98 Å². The molecule has 3 aliphatic heterocycles. The molecule has 2 aromatic heterocycles. The molecule has 0 aromatic carbocycles. The van der Waals surface area contributed by atoms with Gasteiger partial charge in [-0.05, 0) is 43.5 Å². The Labute approximate surface area is 164 Å². The summed E-state index contributed by atoms with van der Waals surface area (Å²) in [4.78, 5) is 12.3. The third kappa shape index (κ3) is 3.09. The fraction of sp³-hybridized carbons (Fsp3) is 0.524. The van der Waals surface area contributed by atoms with Crippen molar-refractivity contribution in [2.45, 2.75) is 57.0 Å². The number of hydrogen-bond donors (Lipinski definition) is 0. The van der Waals surface area contributed by atoms with Crippen molar-refractivity contribution in [3.8, 4) is 0 Å². The van der Waals surface area contributed by atoms with Gasteiger partial charge in [-0.15, -0.1) is 0 Å². The molecule has 2 aromatic rings. The van der Waals surface area contributed by atoms with Crippen molar-refractivity contribution >= 4 is 16.9 Å². The second-order valence-corrected chi connectivity index (χ2v) is 8.54. The standard InChI is InChI=1S/C21H26N4OS/c1-2-15-14-27-21-23-19(17-8-3-4-10-22-17)20(25(15)21)18-9-5-11-24(18)13-16-7-6-12-26-16/h3-5,8-11,15-16,19-20H,2,6-7,12-14H2,1H3/t15-,16+,19-,20-/m1/s1. The molecule has 0 N–H and O–H groups in total. The van der Waals surface area contributed by atoms with E-state index in [1.165, 1.54) is 17.3 Å². The summed E-state index contributed by atoms with van der Waals surface area (Å²) in [7, 11) is 0. The Balaban J connectivity index is 1.52. The second kappa shape index (κ2) is 7.32. The minimum Gasteiger partial charge on any atom is -0.376 e. The molecule has 4 atom stereocenters. The highest BCUT2D eigenvalue weighted by Gasteiger charge is 2.46. The summed E-state index contributed by atoms with van der Waals surface area (Å²) in [5, 5.41) is 1.19. The maximum atomic E-state index is 5.90. The zero-order valence-electron chi connectivity index (χ0n) is 15.7. The number of hydrogen-bond acceptors (Lipinski definition) is 5. The Kier molecular flexibility index (Phi) is 4.70. The van der Waals surface area contributed by atoms with E-state index in [2.05, 4.69) is 51.8 Å². The van der Waals surface area contributed by atoms with E-state index >= 15 is 0 Å². The average Bonchev–Trinajstić information content (AvgIpc) is 3.47. The van der Waals surface area contributed by atoms with Gasteiger partial charge in [0.05, 0.1) is 17.8 Å². The first-order valence-corrected chi connectivity index (χ1v) is 11.0. The number of pyridine rings is 1. The Morgan fingerprint density at radius 2 is 2.22 bits per heavy atom. The first kappa shape index (κ1) is 17.3. The van der Waals surface area contributed by atoms with Crippen LogP contribution in [0, 0.1) is 0 Å². The number of aromatic nitrogens is 2. The molecule has 27 heavy (non-hydrogen) atoms. The summed E-state index contributed by atoms with van der Waals surface area (Å²) in [5.41, 5.74) is 2.39. The first-order chi connectivity index (χ1) is 13.3. The first-order valence-electron chi connectivity index (χ1n) is 10.0. The monoisotopic (exact) mass is 382 g/mol. The molecule has 3 aliphatic rings. The molecule has 5 rings (SSSR count). The molecular weight excluding hydrogens is 356 g/mol. The fourth-order valence-electron chi connectivity index (χ4n) is 4.54. The number of aliphatic imine (C=N–C) groups is 1. The van der Waals surface area contributed by atoms with Crippen molar-refractivity contribution in [2.75, 3.05) is 12.4 Å². The third-order valence-electron chi connectivity index (χ3n) is 5.92. The van der Waals surface area contributed by atoms with Crippen molar-refractivity contribution in [1.29, 1.82) is 0 Å². The van der Waals surface area contributed by atoms with E-state index in [0.717, 1.165) is 37.4 Å². The van der Waals surface area contributed by atoms with E-state index in [4.69, 9.17) is 9.73 Å². The van der Waals surface area contributed by atoms with Crippen molar-refractivity contribution in [3.05, 3.63) is 54.1 Å². The van der Waals surface area contributed by atoms with E-state index in [1.807, 2.05) is 24.0 Å². The zero-order chi connectivity index (χ0) is 18.2. The lowest BCUT2D eigenvalue weighted by molar-refractivity contribution is 0.0950. The van der Waals surface area contributed by atoms with Crippen LogP contribution in [-0.2, 0) is 11.3 Å². The number of thioether (sulfide) groups is 1. The van der Waals surface area contributed by atoms with Gasteiger partial charge < -0.3 is 14.2 Å². The molecule has 0 bridgehead atoms. The van der Waals surface area contributed by atoms with Gasteiger partial charge in [-0.2, -0.15) is 0 Å². The highest BCUT2D eigenvalue weighted by atomic mass is 32.2. The summed E-state index contributed by atoms with van der Waals surface area (Å²) in [6.07, 6.45) is 7.89. The van der Waals surface area contributed by atoms with Gasteiger partial charge >= 0.3 is 0 Å². The molecule has 0 radical (unpaired) electrons. The lowest BCUT2D eigenvalue weighted by Crippen LogP contribution is -2.36. The van der Waals surface area contributed by atoms with Crippen molar-refractivity contribution in [2.24, 2.45) is 4.99 Å². The highest BCUT2D eigenvalue weighted by molar-refractivity contribution is 8.14. The average molecular weight is 383 g/mol. The smallest absolute Gasteiger partial charge is 0.160 e. The molecule has 0 aliphatic carbocycles. The van der Waals surface area contributed by atoms with Crippen molar-refractivity contribution < 1.29 is 4.74 Å². The summed E-state index contributed by atoms with van der Waals surface area (Å²) in [6.45, 7) is 4.11. The number of nitrogens with zero attached hydrogens (tertiary/aromatic N) is 4. The Hall–Kier alpha value is -1.79. The van der Waals surface area contributed by atoms with Crippen LogP contribution in [0.1, 0.15) is 49.7 Å². The van der Waals surface area contributed by atoms with Crippen LogP contribution >= 0.6 is 11.8 Å². The number of rotatable bonds is 5. The molecule has 5 heterocycles. The van der Waals surface area contributed by atoms with E-state index in [-0.39, 0.29) is 12.1 Å². The Morgan fingerprint density at radius 1 is 1.26 bits per heavy atom. The van der Waals surface area contributed by atoms with Gasteiger partial charge in [0.25, 0.3) is 0 Å². The number of ether oxygens (including phenoxy) is 1. The van der Waals surface area contributed by atoms with Crippen molar-refractivity contribution in [3.63, 3.8) is 0 Å². The number of amidine groups is 1. The van der Waals surface area contributed by atoms with Gasteiger partial charge in [-0.25, -0.2) is 0 Å². The summed E-state index contributed by atoms with van der Waals surface area (Å²) >= 11 is 1.90. The van der Waals surface area contributed by atoms with Crippen LogP contribution in [0.4, 0.5) is 0 Å². The topological polar surface area (TPSA) is 42.6 Å². The van der Waals surface area contributed by atoms with Gasteiger partial charge in [0, 0.05) is 43.0 Å². The van der Waals surface area contributed by atoms with Crippen LogP contribution in [0.15, 0.2) is 47.7 Å². The molecule has 0 spiro atoms. The predicted octanol–water partition coefficient (Wildman–Crippen LogP) is 4.04. The van der Waals surface area contributed by atoms with Gasteiger partial charge in [0.1, 0.15) is 6.04 Å². The Morgan fingerprint density at radius 3 is 3.00 bits per heavy atom. The number of fused-ring (bicyclic) bond motifs is 1. The fourth-order valence-corrected chi connectivity index (χ4v) is 5.88. The highest BCUT2D eigenvalue weighted by Crippen LogP contribution is 2.48. The lowest BCUT2D eigenvalue weighted by atomic mass is 9.99. The minimum absolute atomic E-state index is 0.0567. The normalized spacial score (nSPS) is 30.0. The molecule has 5 nitrogen and oxygen atoms in total. The SMILES string of the molecule is CC[C@@H]1CSC2=N[C@H](c3ccccn3)[C@@H](c3cccn3C[C@@H]3CCCO3)N21. The summed E-state index contributed by atoms with van der Waals surface area (Å²) in [6, 6.07) is 11.4. The van der Waals surface area contributed by atoms with Crippen LogP contribution in [0.2, 0.25) is 0 Å². The minimum atomic E-state index is 0.0567. The van der Waals surface area contributed by atoms with Crippen LogP contribution in [0.25, 0.3) is 0 Å². The van der Waals surface area contributed by atoms with Gasteiger partial charge in [0.15, 0.2) is 5.17 Å². The molecule has 2 fully saturated rings. The molecular formula is C21H26N4OS. The molecule has 142 valence electrons. The maximum Gasteiger partial charge on any atom is 0.160 e. The molecule has 2 saturated heterocycles. The molecule has 0 unspecified atom stereocenters. The largest absolute Gasteiger partial charge is 0.376 e. The maximum absolute atomic E-state index is 5.90. The van der Waals surface area contributed by atoms with E-state index in [0.29, 0.717) is 12.1 Å². The van der Waals surface area contributed by atoms with Gasteiger partial charge in [0.2, 0.25) is 0 Å². The van der Waals surface area contributed by atoms with Gasteiger partial charge in [-0.1, -0.05) is 24.8 Å². The molecule has 0 amide bonds. The third-order valence-corrected chi connectivity index (χ3v) is 7.05. The van der Waals surface area contributed by atoms with Crippen molar-refractivity contribution in [1.82, 2.24) is 14.5 Å². The second-order valence-electron chi connectivity index (χ2n) is 7.56. The van der Waals surface area contributed by atoms with E-state index < -0.39 is 0 Å². The van der Waals surface area contributed by atoms with Crippen LogP contribution in [0.5, 0.6) is 0 Å². The summed E-state index contributed by atoms with van der Waals surface area (Å²) < 4.78 is 8.30. The lowest BCUT2D eigenvalue weighted by Gasteiger charge is -2.32. The molecule has 6 heteroatoms. The summed E-state index contributed by atoms with van der Waals surface area (Å²) in [5.74, 6) is 1.13. The van der Waals surface area contributed by atoms with E-state index in [1.54, 1.807) is 0 Å². The van der Waals surface area contributed by atoms with E-state index in [9.17, 15) is 0 Å².